The van der Waals surface area contributed by atoms with Gasteiger partial charge in [0, 0.05) is 24.3 Å². The number of aromatic hydroxyl groups is 1. The maximum Gasteiger partial charge on any atom is 0.460 e. The van der Waals surface area contributed by atoms with E-state index < -0.39 is 42.0 Å². The summed E-state index contributed by atoms with van der Waals surface area (Å²) in [5, 5.41) is 10.1. The number of fused-ring (bicyclic) bond motifs is 5. The van der Waals surface area contributed by atoms with Gasteiger partial charge >= 0.3 is 18.0 Å². The van der Waals surface area contributed by atoms with E-state index in [1.54, 1.807) is 18.2 Å². The molecule has 1 aromatic rings. The smallest absolute Gasteiger partial charge is 0.460 e. The zero-order valence-corrected chi connectivity index (χ0v) is 23.5. The highest BCUT2D eigenvalue weighted by Gasteiger charge is 2.75. The van der Waals surface area contributed by atoms with Crippen LogP contribution in [0.1, 0.15) is 68.9 Å². The summed E-state index contributed by atoms with van der Waals surface area (Å²) < 4.78 is 119. The number of carbonyl (C=O) groups excluding carboxylic acids is 1. The molecule has 0 unspecified atom stereocenters. The van der Waals surface area contributed by atoms with Gasteiger partial charge in [0.1, 0.15) is 17.7 Å². The summed E-state index contributed by atoms with van der Waals surface area (Å²) in [6.45, 7) is 1.54. The van der Waals surface area contributed by atoms with Crippen molar-refractivity contribution in [2.45, 2.75) is 88.4 Å². The first-order valence-corrected chi connectivity index (χ1v) is 14.3. The van der Waals surface area contributed by atoms with Crippen LogP contribution in [0.3, 0.4) is 0 Å². The number of hydrogen-bond donors (Lipinski definition) is 1. The lowest BCUT2D eigenvalue weighted by Gasteiger charge is -2.53. The third-order valence-corrected chi connectivity index (χ3v) is 9.79. The molecule has 3 aliphatic carbocycles. The second-order valence-corrected chi connectivity index (χ2v) is 12.5. The van der Waals surface area contributed by atoms with Crippen molar-refractivity contribution in [2.75, 3.05) is 20.1 Å². The average molecular weight is 614 g/mol. The van der Waals surface area contributed by atoms with Crippen molar-refractivity contribution in [3.8, 4) is 5.75 Å². The number of benzene rings is 1. The minimum atomic E-state index is -6.61. The van der Waals surface area contributed by atoms with Crippen molar-refractivity contribution >= 4 is 5.78 Å². The molecule has 0 bridgehead atoms. The number of rotatable bonds is 10. The second kappa shape index (κ2) is 11.7. The first kappa shape index (κ1) is 32.7. The molecule has 0 amide bonds. The van der Waals surface area contributed by atoms with Crippen LogP contribution in [0.2, 0.25) is 0 Å². The Labute approximate surface area is 239 Å². The Kier molecular flexibility index (Phi) is 9.09. The van der Waals surface area contributed by atoms with Gasteiger partial charge in [-0.3, -0.25) is 4.79 Å². The van der Waals surface area contributed by atoms with E-state index in [9.17, 15) is 45.0 Å². The minimum Gasteiger partial charge on any atom is -0.508 e. The van der Waals surface area contributed by atoms with Gasteiger partial charge in [0.2, 0.25) is 0 Å². The summed E-state index contributed by atoms with van der Waals surface area (Å²) in [5.41, 5.74) is 1.10. The van der Waals surface area contributed by atoms with Crippen LogP contribution in [-0.2, 0) is 11.2 Å². The van der Waals surface area contributed by atoms with Gasteiger partial charge in [-0.25, -0.2) is 8.78 Å². The maximum absolute atomic E-state index is 15.8. The average Bonchev–Trinajstić information content (AvgIpc) is 3.19. The fourth-order valence-electron chi connectivity index (χ4n) is 7.58. The van der Waals surface area contributed by atoms with Gasteiger partial charge in [0.15, 0.2) is 5.83 Å². The Morgan fingerprint density at radius 2 is 1.81 bits per heavy atom. The van der Waals surface area contributed by atoms with Crippen molar-refractivity contribution in [3.05, 3.63) is 41.2 Å². The fourth-order valence-corrected chi connectivity index (χ4v) is 7.58. The molecule has 0 aromatic heterocycles. The van der Waals surface area contributed by atoms with E-state index in [0.717, 1.165) is 24.0 Å². The first-order valence-electron chi connectivity index (χ1n) is 14.3. The molecule has 0 spiro atoms. The summed E-state index contributed by atoms with van der Waals surface area (Å²) >= 11 is 0. The maximum atomic E-state index is 15.8. The number of likely N-dealkylation sites (N-methyl/N-ethyl adjacent to an activating group) is 1. The van der Waals surface area contributed by atoms with Gasteiger partial charge in [-0.05, 0) is 92.8 Å². The number of phenolic OH excluding ortho intramolecular Hbond substituents is 1. The van der Waals surface area contributed by atoms with Crippen LogP contribution < -0.4 is 0 Å². The Bertz CT molecular complexity index is 1180. The van der Waals surface area contributed by atoms with Crippen LogP contribution in [0.5, 0.6) is 5.75 Å². The molecule has 4 rings (SSSR count). The number of ketones is 1. The van der Waals surface area contributed by atoms with Crippen LogP contribution in [0, 0.1) is 23.2 Å². The van der Waals surface area contributed by atoms with Crippen LogP contribution in [0.25, 0.3) is 0 Å². The molecule has 1 N–H and O–H groups in total. The Hall–Kier alpha value is -2.24. The van der Waals surface area contributed by atoms with E-state index in [1.807, 2.05) is 6.92 Å². The Morgan fingerprint density at radius 3 is 2.48 bits per heavy atom. The standard InChI is InChI=1S/C30H36F9NO2/c1-27-16-22(31)26-20-8-7-19(41)15-18(20)14-17(25(26)21(27)9-10-24(27)42)6-4-3-5-12-40(2)13-11-23(32)28(33,34)29(35,36)30(37,38)39/h7-8,11,15,17,21-22,25-26,41H,3-6,9-10,12-14,16H2,1-2H3/t17-,21+,22+,25+,26+,27+/m1/s1. The molecular weight excluding hydrogens is 577 g/mol. The fraction of sp³-hybridized carbons (Fsp3) is 0.700. The lowest BCUT2D eigenvalue weighted by atomic mass is 9.51. The highest BCUT2D eigenvalue weighted by Crippen LogP contribution is 2.62. The predicted molar refractivity (Wildman–Crippen MR) is 138 cm³/mol. The molecule has 12 heteroatoms. The van der Waals surface area contributed by atoms with Crippen molar-refractivity contribution in [3.63, 3.8) is 0 Å². The number of unbranched alkanes of at least 4 members (excludes halogenated alkanes) is 2. The van der Waals surface area contributed by atoms with Gasteiger partial charge in [-0.15, -0.1) is 0 Å². The number of hydrogen-bond acceptors (Lipinski definition) is 3. The highest BCUT2D eigenvalue weighted by atomic mass is 19.4. The lowest BCUT2D eigenvalue weighted by molar-refractivity contribution is -0.347. The SMILES string of the molecule is CN(CC=C(F)C(F)(F)C(F)(F)C(F)(F)F)CCCCC[C@@H]1Cc2cc(O)ccc2[C@@H]2[C@@H]1[C@@H]1CCC(=O)[C@@]1(C)C[C@@H]2F. The van der Waals surface area contributed by atoms with E-state index in [0.29, 0.717) is 32.1 Å². The van der Waals surface area contributed by atoms with Crippen molar-refractivity contribution in [1.82, 2.24) is 4.90 Å². The first-order chi connectivity index (χ1) is 19.4. The van der Waals surface area contributed by atoms with Crippen LogP contribution >= 0.6 is 0 Å². The lowest BCUT2D eigenvalue weighted by Crippen LogP contribution is -2.52. The monoisotopic (exact) mass is 613 g/mol. The summed E-state index contributed by atoms with van der Waals surface area (Å²) in [6, 6.07) is 5.03. The van der Waals surface area contributed by atoms with Gasteiger partial charge in [-0.2, -0.15) is 30.7 Å². The van der Waals surface area contributed by atoms with Crippen LogP contribution in [0.4, 0.5) is 39.5 Å². The highest BCUT2D eigenvalue weighted by molar-refractivity contribution is 5.87. The Morgan fingerprint density at radius 1 is 1.12 bits per heavy atom. The van der Waals surface area contributed by atoms with E-state index in [1.165, 1.54) is 11.9 Å². The second-order valence-electron chi connectivity index (χ2n) is 12.5. The van der Waals surface area contributed by atoms with E-state index in [2.05, 4.69) is 0 Å². The number of nitrogens with zero attached hydrogens (tertiary/aromatic N) is 1. The van der Waals surface area contributed by atoms with Gasteiger partial charge in [0.05, 0.1) is 0 Å². The normalized spacial score (nSPS) is 30.3. The van der Waals surface area contributed by atoms with Crippen molar-refractivity contribution < 1.29 is 49.4 Å². The van der Waals surface area contributed by atoms with Crippen LogP contribution in [-0.4, -0.2) is 60.1 Å². The molecule has 42 heavy (non-hydrogen) atoms. The number of alkyl halides is 8. The summed E-state index contributed by atoms with van der Waals surface area (Å²) in [5.74, 6) is -15.4. The molecule has 0 radical (unpaired) electrons. The largest absolute Gasteiger partial charge is 0.508 e. The van der Waals surface area contributed by atoms with E-state index >= 15 is 4.39 Å². The zero-order valence-electron chi connectivity index (χ0n) is 23.5. The molecule has 0 heterocycles. The summed E-state index contributed by atoms with van der Waals surface area (Å²) in [7, 11) is 1.40. The number of allylic oxidation sites excluding steroid dienone is 1. The van der Waals surface area contributed by atoms with Gasteiger partial charge < -0.3 is 10.0 Å². The van der Waals surface area contributed by atoms with Crippen molar-refractivity contribution in [1.29, 1.82) is 0 Å². The van der Waals surface area contributed by atoms with Crippen LogP contribution in [0.15, 0.2) is 30.1 Å². The van der Waals surface area contributed by atoms with E-state index in [-0.39, 0.29) is 54.2 Å². The van der Waals surface area contributed by atoms with Gasteiger partial charge in [0.25, 0.3) is 0 Å². The van der Waals surface area contributed by atoms with Gasteiger partial charge in [-0.1, -0.05) is 25.8 Å². The van der Waals surface area contributed by atoms with E-state index in [4.69, 9.17) is 0 Å². The molecule has 1 aromatic carbocycles. The summed E-state index contributed by atoms with van der Waals surface area (Å²) in [6.07, 6.45) is -3.17. The molecule has 2 fully saturated rings. The number of halogens is 9. The predicted octanol–water partition coefficient (Wildman–Crippen LogP) is 8.17. The van der Waals surface area contributed by atoms with Crippen molar-refractivity contribution in [2.24, 2.45) is 23.2 Å². The molecular formula is C30H36F9NO2. The quantitative estimate of drug-likeness (QED) is 0.214. The Balaban J connectivity index is 1.35. The number of Topliss-reactive ketones (excluding diaryl/α,β-unsaturated/α-hetero) is 1. The minimum absolute atomic E-state index is 0.0328. The molecule has 3 aliphatic rings. The third kappa shape index (κ3) is 5.80. The summed E-state index contributed by atoms with van der Waals surface area (Å²) in [4.78, 5) is 14.1. The zero-order chi connectivity index (χ0) is 31.3. The number of carbonyl (C=O) groups is 1. The third-order valence-electron chi connectivity index (χ3n) is 9.79. The molecule has 3 nitrogen and oxygen atoms in total. The number of phenols is 1. The molecule has 2 saturated carbocycles. The molecule has 236 valence electrons. The molecule has 0 aliphatic heterocycles. The molecule has 0 saturated heterocycles. The molecule has 6 atom stereocenters. The topological polar surface area (TPSA) is 40.5 Å².